The maximum atomic E-state index is 12.8. The summed E-state index contributed by atoms with van der Waals surface area (Å²) in [5, 5.41) is 5.53. The van der Waals surface area contributed by atoms with E-state index in [2.05, 4.69) is 10.6 Å². The summed E-state index contributed by atoms with van der Waals surface area (Å²) in [6.07, 6.45) is 1.74. The fourth-order valence-corrected chi connectivity index (χ4v) is 5.26. The van der Waals surface area contributed by atoms with E-state index in [0.717, 1.165) is 10.4 Å². The molecule has 1 aliphatic heterocycles. The number of methoxy groups -OCH3 is 1. The molecule has 0 saturated heterocycles. The van der Waals surface area contributed by atoms with Crippen molar-refractivity contribution in [3.63, 3.8) is 0 Å². The Hall–Kier alpha value is -5.10. The average molecular weight is 577 g/mol. The first-order valence-corrected chi connectivity index (χ1v) is 13.2. The van der Waals surface area contributed by atoms with Crippen molar-refractivity contribution >= 4 is 45.8 Å². The molecule has 0 fully saturated rings. The van der Waals surface area contributed by atoms with Gasteiger partial charge >= 0.3 is 11.9 Å². The fourth-order valence-electron chi connectivity index (χ4n) is 4.19. The van der Waals surface area contributed by atoms with Crippen molar-refractivity contribution in [1.82, 2.24) is 0 Å². The zero-order valence-electron chi connectivity index (χ0n) is 22.0. The first kappa shape index (κ1) is 27.5. The summed E-state index contributed by atoms with van der Waals surface area (Å²) in [6, 6.07) is 14.8. The van der Waals surface area contributed by atoms with Gasteiger partial charge in [-0.3, -0.25) is 9.59 Å². The number of ether oxygens (including phenoxy) is 4. The van der Waals surface area contributed by atoms with Gasteiger partial charge < -0.3 is 34.0 Å². The van der Waals surface area contributed by atoms with Crippen LogP contribution in [-0.4, -0.2) is 44.3 Å². The number of thiophene rings is 1. The Morgan fingerprint density at radius 2 is 1.76 bits per heavy atom. The summed E-state index contributed by atoms with van der Waals surface area (Å²) >= 11 is 1.21. The maximum absolute atomic E-state index is 12.8. The molecule has 5 rings (SSSR count). The van der Waals surface area contributed by atoms with Crippen molar-refractivity contribution in [2.24, 2.45) is 0 Å². The quantitative estimate of drug-likeness (QED) is 0.269. The van der Waals surface area contributed by atoms with E-state index in [1.54, 1.807) is 24.3 Å². The van der Waals surface area contributed by atoms with Gasteiger partial charge in [0.25, 0.3) is 11.8 Å². The highest BCUT2D eigenvalue weighted by Gasteiger charge is 2.26. The number of benzene rings is 2. The molecule has 0 radical (unpaired) electrons. The van der Waals surface area contributed by atoms with Gasteiger partial charge in [0.1, 0.15) is 5.00 Å². The zero-order valence-corrected chi connectivity index (χ0v) is 22.8. The smallest absolute Gasteiger partial charge is 0.341 e. The molecule has 1 aliphatic rings. The van der Waals surface area contributed by atoms with Gasteiger partial charge in [0.15, 0.2) is 23.9 Å². The van der Waals surface area contributed by atoms with E-state index in [-0.39, 0.29) is 34.4 Å². The van der Waals surface area contributed by atoms with Crippen LogP contribution in [0.2, 0.25) is 0 Å². The van der Waals surface area contributed by atoms with Crippen molar-refractivity contribution in [3.05, 3.63) is 93.8 Å². The van der Waals surface area contributed by atoms with Crippen LogP contribution in [0.4, 0.5) is 10.7 Å². The summed E-state index contributed by atoms with van der Waals surface area (Å²) in [5.74, 6) is -1.31. The predicted octanol–water partition coefficient (Wildman–Crippen LogP) is 4.80. The highest BCUT2D eigenvalue weighted by atomic mass is 32.1. The Labute approximate surface area is 238 Å². The lowest BCUT2D eigenvalue weighted by atomic mass is 10.0. The summed E-state index contributed by atoms with van der Waals surface area (Å²) in [5.41, 5.74) is 2.03. The number of amides is 2. The number of para-hydroxylation sites is 1. The van der Waals surface area contributed by atoms with Crippen molar-refractivity contribution in [2.45, 2.75) is 13.3 Å². The second-order valence-electron chi connectivity index (χ2n) is 8.80. The zero-order chi connectivity index (χ0) is 28.9. The Bertz CT molecular complexity index is 1630. The number of rotatable bonds is 9. The molecule has 0 spiro atoms. The molecule has 4 aromatic rings. The third kappa shape index (κ3) is 6.07. The molecule has 0 saturated carbocycles. The monoisotopic (exact) mass is 576 g/mol. The van der Waals surface area contributed by atoms with Gasteiger partial charge in [-0.15, -0.1) is 11.3 Å². The van der Waals surface area contributed by atoms with Crippen molar-refractivity contribution in [3.8, 4) is 11.5 Å². The van der Waals surface area contributed by atoms with Gasteiger partial charge in [-0.25, -0.2) is 9.59 Å². The lowest BCUT2D eigenvalue weighted by Gasteiger charge is -2.11. The predicted molar refractivity (Wildman–Crippen MR) is 148 cm³/mol. The van der Waals surface area contributed by atoms with Gasteiger partial charge in [-0.2, -0.15) is 0 Å². The van der Waals surface area contributed by atoms with E-state index < -0.39 is 30.4 Å². The lowest BCUT2D eigenvalue weighted by Crippen LogP contribution is -2.22. The number of hydrogen-bond donors (Lipinski definition) is 2. The lowest BCUT2D eigenvalue weighted by molar-refractivity contribution is -0.119. The first-order valence-electron chi connectivity index (χ1n) is 12.3. The summed E-state index contributed by atoms with van der Waals surface area (Å²) in [7, 11) is 1.26. The van der Waals surface area contributed by atoms with Crippen LogP contribution in [0.15, 0.2) is 65.3 Å². The van der Waals surface area contributed by atoms with E-state index >= 15 is 0 Å². The number of nitrogens with one attached hydrogen (secondary N) is 2. The number of esters is 2. The Balaban J connectivity index is 1.27. The van der Waals surface area contributed by atoms with Crippen LogP contribution in [-0.2, 0) is 20.7 Å². The molecule has 2 aromatic carbocycles. The summed E-state index contributed by atoms with van der Waals surface area (Å²) in [4.78, 5) is 51.5. The van der Waals surface area contributed by atoms with Crippen LogP contribution in [0.1, 0.15) is 47.3 Å². The molecule has 11 nitrogen and oxygen atoms in total. The first-order chi connectivity index (χ1) is 19.8. The molecule has 41 heavy (non-hydrogen) atoms. The Kier molecular flexibility index (Phi) is 8.01. The molecule has 0 unspecified atom stereocenters. The van der Waals surface area contributed by atoms with Crippen LogP contribution in [0.5, 0.6) is 11.5 Å². The highest BCUT2D eigenvalue weighted by molar-refractivity contribution is 7.16. The van der Waals surface area contributed by atoms with E-state index in [4.69, 9.17) is 23.4 Å². The Morgan fingerprint density at radius 1 is 0.951 bits per heavy atom. The number of carbonyl (C=O) groups is 4. The summed E-state index contributed by atoms with van der Waals surface area (Å²) in [6.45, 7) is 1.35. The molecular weight excluding hydrogens is 552 g/mol. The molecule has 0 atom stereocenters. The van der Waals surface area contributed by atoms with Gasteiger partial charge in [-0.1, -0.05) is 18.2 Å². The fraction of sp³-hybridized carbons (Fsp3) is 0.172. The van der Waals surface area contributed by atoms with Crippen molar-refractivity contribution in [2.75, 3.05) is 31.1 Å². The molecule has 2 aromatic heterocycles. The van der Waals surface area contributed by atoms with Gasteiger partial charge in [0, 0.05) is 4.88 Å². The number of furan rings is 1. The minimum Gasteiger partial charge on any atom is -0.465 e. The van der Waals surface area contributed by atoms with E-state index in [0.29, 0.717) is 23.5 Å². The van der Waals surface area contributed by atoms with E-state index in [9.17, 15) is 19.2 Å². The second-order valence-corrected chi connectivity index (χ2v) is 10.0. The molecule has 3 heterocycles. The van der Waals surface area contributed by atoms with Gasteiger partial charge in [0.2, 0.25) is 6.79 Å². The molecule has 210 valence electrons. The second kappa shape index (κ2) is 12.0. The SMILES string of the molecule is COC(=O)c1c(NC(=O)COC(=O)c2ccccc2NC(=O)c2ccco2)sc(C)c1Cc1ccc2c(c1)OCO2. The number of anilines is 2. The van der Waals surface area contributed by atoms with Gasteiger partial charge in [0.05, 0.1) is 30.2 Å². The van der Waals surface area contributed by atoms with Crippen LogP contribution >= 0.6 is 11.3 Å². The number of fused-ring (bicyclic) bond motifs is 1. The van der Waals surface area contributed by atoms with Gasteiger partial charge in [-0.05, 0) is 60.9 Å². The molecule has 12 heteroatoms. The molecule has 2 N–H and O–H groups in total. The minimum atomic E-state index is -0.824. The molecular formula is C29H24N2O9S. The van der Waals surface area contributed by atoms with Crippen molar-refractivity contribution < 1.29 is 42.5 Å². The average Bonchev–Trinajstić information content (AvgIpc) is 3.73. The number of carbonyl (C=O) groups excluding carboxylic acids is 4. The topological polar surface area (TPSA) is 142 Å². The maximum Gasteiger partial charge on any atom is 0.341 e. The van der Waals surface area contributed by atoms with E-state index in [1.807, 2.05) is 19.1 Å². The van der Waals surface area contributed by atoms with Crippen molar-refractivity contribution in [1.29, 1.82) is 0 Å². The van der Waals surface area contributed by atoms with E-state index in [1.165, 1.54) is 42.9 Å². The molecule has 2 amide bonds. The van der Waals surface area contributed by atoms with Crippen LogP contribution in [0, 0.1) is 6.92 Å². The normalized spacial score (nSPS) is 11.6. The number of hydrogen-bond acceptors (Lipinski definition) is 10. The summed E-state index contributed by atoms with van der Waals surface area (Å²) < 4.78 is 26.1. The highest BCUT2D eigenvalue weighted by Crippen LogP contribution is 2.37. The third-order valence-electron chi connectivity index (χ3n) is 6.14. The number of aryl methyl sites for hydroxylation is 1. The molecule has 0 aliphatic carbocycles. The largest absolute Gasteiger partial charge is 0.465 e. The van der Waals surface area contributed by atoms with Crippen LogP contribution in [0.3, 0.4) is 0 Å². The standard InChI is InChI=1S/C29H24N2O9S/c1-16-19(12-17-9-10-21-23(13-17)40-15-39-21)25(29(35)36-2)27(41-16)31-24(32)14-38-28(34)18-6-3-4-7-20(18)30-26(33)22-8-5-11-37-22/h3-11,13H,12,14-15H2,1-2H3,(H,30,33)(H,31,32). The molecule has 0 bridgehead atoms. The third-order valence-corrected chi connectivity index (χ3v) is 7.21. The minimum absolute atomic E-state index is 0.0495. The Morgan fingerprint density at radius 3 is 2.54 bits per heavy atom. The van der Waals surface area contributed by atoms with Crippen LogP contribution < -0.4 is 20.1 Å². The van der Waals surface area contributed by atoms with Crippen LogP contribution in [0.25, 0.3) is 0 Å².